The van der Waals surface area contributed by atoms with Crippen LogP contribution in [0, 0.1) is 0 Å². The van der Waals surface area contributed by atoms with Gasteiger partial charge in [-0.15, -0.1) is 0 Å². The van der Waals surface area contributed by atoms with Crippen molar-refractivity contribution in [1.82, 2.24) is 10.4 Å². The van der Waals surface area contributed by atoms with Crippen LogP contribution in [-0.4, -0.2) is 40.5 Å². The summed E-state index contributed by atoms with van der Waals surface area (Å²) in [5.41, 5.74) is -1.79. The van der Waals surface area contributed by atoms with Crippen molar-refractivity contribution in [3.63, 3.8) is 0 Å². The summed E-state index contributed by atoms with van der Waals surface area (Å²) in [6.45, 7) is 12.1. The van der Waals surface area contributed by atoms with E-state index in [9.17, 15) is 4.79 Å². The molecule has 0 saturated carbocycles. The zero-order valence-corrected chi connectivity index (χ0v) is 13.1. The lowest BCUT2D eigenvalue weighted by Crippen LogP contribution is -2.67. The van der Waals surface area contributed by atoms with Gasteiger partial charge in [-0.3, -0.25) is 4.79 Å². The second-order valence-corrected chi connectivity index (χ2v) is 7.52. The molecule has 0 unspecified atom stereocenters. The molecule has 1 amide bonds. The molecule has 2 aliphatic heterocycles. The summed E-state index contributed by atoms with van der Waals surface area (Å²) in [5.74, 6) is -0.0371. The number of carbonyl (C=O) groups is 1. The molecular formula is C14H26N2O3. The average Bonchev–Trinajstić information content (AvgIpc) is 2.31. The fourth-order valence-corrected chi connectivity index (χ4v) is 4.00. The second-order valence-electron chi connectivity index (χ2n) is 7.52. The molecule has 1 spiro atoms. The molecule has 1 N–H and O–H groups in total. The average molecular weight is 270 g/mol. The van der Waals surface area contributed by atoms with Crippen LogP contribution in [0.1, 0.15) is 54.4 Å². The molecule has 5 nitrogen and oxygen atoms in total. The van der Waals surface area contributed by atoms with Gasteiger partial charge in [0, 0.05) is 23.9 Å². The van der Waals surface area contributed by atoms with E-state index in [4.69, 9.17) is 9.57 Å². The molecular weight excluding hydrogens is 244 g/mol. The van der Waals surface area contributed by atoms with Crippen molar-refractivity contribution in [1.29, 1.82) is 0 Å². The maximum absolute atomic E-state index is 12.1. The number of hydrogen-bond donors (Lipinski definition) is 1. The molecule has 5 heteroatoms. The van der Waals surface area contributed by atoms with Crippen molar-refractivity contribution in [2.45, 2.75) is 76.8 Å². The summed E-state index contributed by atoms with van der Waals surface area (Å²) in [4.78, 5) is 17.6. The summed E-state index contributed by atoms with van der Waals surface area (Å²) in [5, 5.41) is 5.08. The van der Waals surface area contributed by atoms with E-state index in [0.29, 0.717) is 12.8 Å². The smallest absolute Gasteiger partial charge is 0.253 e. The number of amides is 1. The lowest BCUT2D eigenvalue weighted by atomic mass is 9.76. The van der Waals surface area contributed by atoms with Crippen molar-refractivity contribution in [3.8, 4) is 0 Å². The number of nitrogens with zero attached hydrogens (tertiary/aromatic N) is 1. The minimum absolute atomic E-state index is 0.0371. The van der Waals surface area contributed by atoms with Crippen molar-refractivity contribution in [3.05, 3.63) is 0 Å². The van der Waals surface area contributed by atoms with Crippen LogP contribution in [0.5, 0.6) is 0 Å². The first-order valence-electron chi connectivity index (χ1n) is 6.81. The van der Waals surface area contributed by atoms with E-state index in [1.54, 1.807) is 7.11 Å². The number of rotatable bonds is 1. The zero-order valence-electron chi connectivity index (χ0n) is 13.1. The molecule has 0 radical (unpaired) electrons. The van der Waals surface area contributed by atoms with Crippen LogP contribution in [0.3, 0.4) is 0 Å². The van der Waals surface area contributed by atoms with E-state index in [2.05, 4.69) is 33.0 Å². The van der Waals surface area contributed by atoms with Crippen LogP contribution in [0.4, 0.5) is 0 Å². The quantitative estimate of drug-likeness (QED) is 0.789. The number of piperidine rings is 1. The van der Waals surface area contributed by atoms with Crippen LogP contribution < -0.4 is 5.32 Å². The van der Waals surface area contributed by atoms with Crippen molar-refractivity contribution >= 4 is 5.91 Å². The molecule has 0 aromatic rings. The third kappa shape index (κ3) is 2.28. The van der Waals surface area contributed by atoms with E-state index >= 15 is 0 Å². The molecule has 2 fully saturated rings. The Bertz CT molecular complexity index is 383. The fraction of sp³-hybridized carbons (Fsp3) is 0.929. The molecule has 2 aliphatic rings. The third-order valence-electron chi connectivity index (χ3n) is 4.06. The second kappa shape index (κ2) is 3.93. The molecule has 0 atom stereocenters. The Hall–Kier alpha value is -0.650. The molecule has 0 aromatic heterocycles. The topological polar surface area (TPSA) is 50.8 Å². The van der Waals surface area contributed by atoms with Gasteiger partial charge in [-0.05, 0) is 41.5 Å². The van der Waals surface area contributed by atoms with Crippen molar-refractivity contribution < 1.29 is 14.4 Å². The van der Waals surface area contributed by atoms with Crippen molar-refractivity contribution in [2.75, 3.05) is 7.11 Å². The first-order valence-corrected chi connectivity index (χ1v) is 6.81. The van der Waals surface area contributed by atoms with Gasteiger partial charge >= 0.3 is 0 Å². The Morgan fingerprint density at radius 3 is 1.89 bits per heavy atom. The third-order valence-corrected chi connectivity index (χ3v) is 4.06. The number of hydroxylamine groups is 2. The first-order chi connectivity index (χ1) is 8.44. The SMILES string of the molecule is CON1C(C)(C)CC2(CC1(C)C)NC(=O)C(C)(C)O2. The minimum Gasteiger partial charge on any atom is -0.340 e. The van der Waals surface area contributed by atoms with Crippen LogP contribution in [0.2, 0.25) is 0 Å². The molecule has 110 valence electrons. The molecule has 2 saturated heterocycles. The normalized spacial score (nSPS) is 31.4. The number of carbonyl (C=O) groups excluding carboxylic acids is 1. The molecule has 0 aliphatic carbocycles. The van der Waals surface area contributed by atoms with Gasteiger partial charge in [0.15, 0.2) is 0 Å². The van der Waals surface area contributed by atoms with Gasteiger partial charge in [0.1, 0.15) is 11.3 Å². The molecule has 2 heterocycles. The fourth-order valence-electron chi connectivity index (χ4n) is 4.00. The lowest BCUT2D eigenvalue weighted by Gasteiger charge is -2.56. The Labute approximate surface area is 115 Å². The van der Waals surface area contributed by atoms with Gasteiger partial charge < -0.3 is 14.9 Å². The van der Waals surface area contributed by atoms with Gasteiger partial charge in [-0.25, -0.2) is 0 Å². The highest BCUT2D eigenvalue weighted by Gasteiger charge is 2.60. The van der Waals surface area contributed by atoms with E-state index in [0.717, 1.165) is 0 Å². The van der Waals surface area contributed by atoms with E-state index in [1.165, 1.54) is 0 Å². The van der Waals surface area contributed by atoms with Crippen LogP contribution in [0.25, 0.3) is 0 Å². The highest BCUT2D eigenvalue weighted by molar-refractivity contribution is 5.86. The predicted octanol–water partition coefficient (Wildman–Crippen LogP) is 1.82. The van der Waals surface area contributed by atoms with Crippen molar-refractivity contribution in [2.24, 2.45) is 0 Å². The van der Waals surface area contributed by atoms with E-state index in [-0.39, 0.29) is 17.0 Å². The van der Waals surface area contributed by atoms with Gasteiger partial charge in [0.2, 0.25) is 0 Å². The molecule has 2 rings (SSSR count). The van der Waals surface area contributed by atoms with Crippen LogP contribution in [0.15, 0.2) is 0 Å². The summed E-state index contributed by atoms with van der Waals surface area (Å²) in [6, 6.07) is 0. The highest BCUT2D eigenvalue weighted by Crippen LogP contribution is 2.47. The zero-order chi connectivity index (χ0) is 14.7. The predicted molar refractivity (Wildman–Crippen MR) is 72.3 cm³/mol. The Balaban J connectivity index is 2.35. The molecule has 0 aromatic carbocycles. The first kappa shape index (κ1) is 14.8. The maximum Gasteiger partial charge on any atom is 0.253 e. The monoisotopic (exact) mass is 270 g/mol. The van der Waals surface area contributed by atoms with Crippen LogP contribution >= 0.6 is 0 Å². The summed E-state index contributed by atoms with van der Waals surface area (Å²) in [7, 11) is 1.69. The lowest BCUT2D eigenvalue weighted by molar-refractivity contribution is -0.300. The summed E-state index contributed by atoms with van der Waals surface area (Å²) in [6.07, 6.45) is 1.40. The largest absolute Gasteiger partial charge is 0.340 e. The van der Waals surface area contributed by atoms with Gasteiger partial charge in [0.05, 0.1) is 7.11 Å². The Kier molecular flexibility index (Phi) is 3.05. The van der Waals surface area contributed by atoms with Gasteiger partial charge in [0.25, 0.3) is 5.91 Å². The summed E-state index contributed by atoms with van der Waals surface area (Å²) >= 11 is 0. The van der Waals surface area contributed by atoms with Gasteiger partial charge in [-0.1, -0.05) is 0 Å². The maximum atomic E-state index is 12.1. The Morgan fingerprint density at radius 2 is 1.58 bits per heavy atom. The van der Waals surface area contributed by atoms with Crippen LogP contribution in [-0.2, 0) is 14.4 Å². The van der Waals surface area contributed by atoms with Gasteiger partial charge in [-0.2, -0.15) is 5.06 Å². The standard InChI is InChI=1S/C14H26N2O3/c1-11(2)8-14(9-12(3,4)16(11)18-7)15-10(17)13(5,6)19-14/h8-9H2,1-7H3,(H,15,17). The molecule has 0 bridgehead atoms. The Morgan fingerprint density at radius 1 is 1.11 bits per heavy atom. The number of ether oxygens (including phenoxy) is 1. The highest BCUT2D eigenvalue weighted by atomic mass is 16.7. The molecule has 19 heavy (non-hydrogen) atoms. The number of nitrogens with one attached hydrogen (secondary N) is 1. The van der Waals surface area contributed by atoms with E-state index in [1.807, 2.05) is 18.9 Å². The number of hydrogen-bond acceptors (Lipinski definition) is 4. The minimum atomic E-state index is -0.762. The van der Waals surface area contributed by atoms with E-state index < -0.39 is 11.3 Å². The summed E-state index contributed by atoms with van der Waals surface area (Å²) < 4.78 is 6.11.